The molecule has 0 aliphatic carbocycles. The van der Waals surface area contributed by atoms with Crippen molar-refractivity contribution in [2.45, 2.75) is 6.92 Å². The van der Waals surface area contributed by atoms with Crippen molar-refractivity contribution in [1.82, 2.24) is 15.0 Å². The smallest absolute Gasteiger partial charge is 0.166 e. The predicted octanol–water partition coefficient (Wildman–Crippen LogP) is 1.76. The minimum atomic E-state index is 0.431. The van der Waals surface area contributed by atoms with E-state index in [2.05, 4.69) is 45.9 Å². The van der Waals surface area contributed by atoms with E-state index in [1.54, 1.807) is 10.9 Å². The number of hydrogen-bond acceptors (Lipinski definition) is 3. The highest BCUT2D eigenvalue weighted by Crippen LogP contribution is 2.16. The van der Waals surface area contributed by atoms with Gasteiger partial charge in [-0.15, -0.1) is 5.10 Å². The minimum Gasteiger partial charge on any atom is -0.381 e. The predicted molar refractivity (Wildman–Crippen MR) is 63.2 cm³/mol. The number of benzene rings is 1. The molecule has 0 amide bonds. The topological polar surface area (TPSA) is 56.7 Å². The molecule has 5 heteroatoms. The maximum Gasteiger partial charge on any atom is 0.166 e. The normalized spacial score (nSPS) is 10.4. The van der Waals surface area contributed by atoms with E-state index in [1.807, 2.05) is 12.1 Å². The van der Waals surface area contributed by atoms with Gasteiger partial charge in [-0.3, -0.25) is 0 Å². The number of rotatable bonds is 1. The van der Waals surface area contributed by atoms with E-state index in [0.717, 1.165) is 5.69 Å². The lowest BCUT2D eigenvalue weighted by Gasteiger charge is -2.02. The fourth-order valence-corrected chi connectivity index (χ4v) is 1.63. The molecule has 0 bridgehead atoms. The molecule has 2 aromatic rings. The summed E-state index contributed by atoms with van der Waals surface area (Å²) in [5.41, 5.74) is 7.72. The molecule has 0 unspecified atom stereocenters. The van der Waals surface area contributed by atoms with Crippen molar-refractivity contribution in [3.8, 4) is 5.69 Å². The third kappa shape index (κ3) is 1.72. The molecule has 4 nitrogen and oxygen atoms in total. The lowest BCUT2D eigenvalue weighted by Crippen LogP contribution is -1.96. The van der Waals surface area contributed by atoms with Gasteiger partial charge in [0.1, 0.15) is 0 Å². The van der Waals surface area contributed by atoms with Gasteiger partial charge < -0.3 is 5.73 Å². The molecule has 0 radical (unpaired) electrons. The van der Waals surface area contributed by atoms with E-state index in [1.165, 1.54) is 9.13 Å². The number of halogens is 1. The SMILES string of the molecule is Cc1ccc(-n2cc(N)nn2)cc1I. The summed E-state index contributed by atoms with van der Waals surface area (Å²) in [6.07, 6.45) is 1.70. The second-order valence-electron chi connectivity index (χ2n) is 3.02. The van der Waals surface area contributed by atoms with Crippen molar-refractivity contribution in [1.29, 1.82) is 0 Å². The van der Waals surface area contributed by atoms with Gasteiger partial charge in [0.15, 0.2) is 5.82 Å². The quantitative estimate of drug-likeness (QED) is 0.817. The van der Waals surface area contributed by atoms with Crippen LogP contribution in [0.5, 0.6) is 0 Å². The number of anilines is 1. The maximum atomic E-state index is 5.49. The number of nitrogens with zero attached hydrogens (tertiary/aromatic N) is 3. The lowest BCUT2D eigenvalue weighted by molar-refractivity contribution is 0.803. The first-order valence-electron chi connectivity index (χ1n) is 4.11. The Morgan fingerprint density at radius 1 is 1.43 bits per heavy atom. The zero-order valence-corrected chi connectivity index (χ0v) is 9.76. The van der Waals surface area contributed by atoms with Gasteiger partial charge >= 0.3 is 0 Å². The van der Waals surface area contributed by atoms with E-state index in [4.69, 9.17) is 5.73 Å². The van der Waals surface area contributed by atoms with Gasteiger partial charge in [0, 0.05) is 3.57 Å². The van der Waals surface area contributed by atoms with Crippen LogP contribution in [0.1, 0.15) is 5.56 Å². The van der Waals surface area contributed by atoms with E-state index in [-0.39, 0.29) is 0 Å². The van der Waals surface area contributed by atoms with Crippen molar-refractivity contribution in [2.75, 3.05) is 5.73 Å². The van der Waals surface area contributed by atoms with E-state index >= 15 is 0 Å². The Morgan fingerprint density at radius 2 is 2.21 bits per heavy atom. The van der Waals surface area contributed by atoms with Gasteiger partial charge in [-0.2, -0.15) is 0 Å². The van der Waals surface area contributed by atoms with E-state index in [9.17, 15) is 0 Å². The van der Waals surface area contributed by atoms with Crippen LogP contribution in [-0.2, 0) is 0 Å². The molecule has 0 aliphatic rings. The summed E-state index contributed by atoms with van der Waals surface area (Å²) in [6, 6.07) is 6.09. The van der Waals surface area contributed by atoms with Crippen LogP contribution in [0, 0.1) is 10.5 Å². The van der Waals surface area contributed by atoms with Crippen molar-refractivity contribution < 1.29 is 0 Å². The average molecular weight is 300 g/mol. The van der Waals surface area contributed by atoms with Crippen LogP contribution in [0.2, 0.25) is 0 Å². The highest BCUT2D eigenvalue weighted by Gasteiger charge is 2.01. The third-order valence-electron chi connectivity index (χ3n) is 1.93. The second kappa shape index (κ2) is 3.56. The molecule has 1 aromatic heterocycles. The Kier molecular flexibility index (Phi) is 2.40. The van der Waals surface area contributed by atoms with Crippen molar-refractivity contribution >= 4 is 28.4 Å². The number of aryl methyl sites for hydroxylation is 1. The van der Waals surface area contributed by atoms with Crippen LogP contribution in [0.3, 0.4) is 0 Å². The molecule has 2 N–H and O–H groups in total. The second-order valence-corrected chi connectivity index (χ2v) is 4.18. The van der Waals surface area contributed by atoms with Crippen LogP contribution in [0.4, 0.5) is 5.82 Å². The lowest BCUT2D eigenvalue weighted by atomic mass is 10.2. The molecule has 2 rings (SSSR count). The molecule has 1 aromatic carbocycles. The van der Waals surface area contributed by atoms with Gasteiger partial charge in [-0.05, 0) is 47.2 Å². The van der Waals surface area contributed by atoms with Gasteiger partial charge in [-0.25, -0.2) is 4.68 Å². The number of aromatic nitrogens is 3. The Bertz CT molecular complexity index is 464. The number of hydrogen-bond donors (Lipinski definition) is 1. The first-order valence-corrected chi connectivity index (χ1v) is 5.19. The fraction of sp³-hybridized carbons (Fsp3) is 0.111. The summed E-state index contributed by atoms with van der Waals surface area (Å²) < 4.78 is 2.87. The zero-order valence-electron chi connectivity index (χ0n) is 7.61. The van der Waals surface area contributed by atoms with Gasteiger partial charge in [0.2, 0.25) is 0 Å². The highest BCUT2D eigenvalue weighted by atomic mass is 127. The standard InChI is InChI=1S/C9H9IN4/c1-6-2-3-7(4-8(6)10)14-5-9(11)12-13-14/h2-5H,11H2,1H3. The molecular formula is C9H9IN4. The Balaban J connectivity index is 2.47. The summed E-state index contributed by atoms with van der Waals surface area (Å²) in [6.45, 7) is 2.07. The Hall–Kier alpha value is -1.11. The average Bonchev–Trinajstić information content (AvgIpc) is 2.57. The molecule has 0 aliphatic heterocycles. The largest absolute Gasteiger partial charge is 0.381 e. The molecule has 0 spiro atoms. The molecule has 14 heavy (non-hydrogen) atoms. The molecule has 0 saturated carbocycles. The Labute approximate surface area is 95.3 Å². The third-order valence-corrected chi connectivity index (χ3v) is 3.09. The molecule has 72 valence electrons. The van der Waals surface area contributed by atoms with Crippen LogP contribution < -0.4 is 5.73 Å². The van der Waals surface area contributed by atoms with Gasteiger partial charge in [-0.1, -0.05) is 11.3 Å². The van der Waals surface area contributed by atoms with Crippen molar-refractivity contribution in [3.05, 3.63) is 33.5 Å². The first kappa shape index (κ1) is 9.45. The van der Waals surface area contributed by atoms with Crippen molar-refractivity contribution in [3.63, 3.8) is 0 Å². The summed E-state index contributed by atoms with van der Waals surface area (Å²) in [7, 11) is 0. The zero-order chi connectivity index (χ0) is 10.1. The van der Waals surface area contributed by atoms with Crippen LogP contribution in [0.15, 0.2) is 24.4 Å². The van der Waals surface area contributed by atoms with Crippen molar-refractivity contribution in [2.24, 2.45) is 0 Å². The minimum absolute atomic E-state index is 0.431. The molecule has 0 fully saturated rings. The molecular weight excluding hydrogens is 291 g/mol. The van der Waals surface area contributed by atoms with Crippen LogP contribution in [-0.4, -0.2) is 15.0 Å². The highest BCUT2D eigenvalue weighted by molar-refractivity contribution is 14.1. The Morgan fingerprint density at radius 3 is 2.79 bits per heavy atom. The summed E-state index contributed by atoms with van der Waals surface area (Å²) in [4.78, 5) is 0. The summed E-state index contributed by atoms with van der Waals surface area (Å²) in [5, 5.41) is 7.63. The number of nitrogens with two attached hydrogens (primary N) is 1. The maximum absolute atomic E-state index is 5.49. The van der Waals surface area contributed by atoms with E-state index < -0.39 is 0 Å². The molecule has 0 saturated heterocycles. The van der Waals surface area contributed by atoms with E-state index in [0.29, 0.717) is 5.82 Å². The monoisotopic (exact) mass is 300 g/mol. The van der Waals surface area contributed by atoms with Gasteiger partial charge in [0.25, 0.3) is 0 Å². The number of nitrogen functional groups attached to an aromatic ring is 1. The summed E-state index contributed by atoms with van der Waals surface area (Å²) >= 11 is 2.29. The van der Waals surface area contributed by atoms with Crippen LogP contribution in [0.25, 0.3) is 5.69 Å². The summed E-state index contributed by atoms with van der Waals surface area (Å²) in [5.74, 6) is 0.431. The fourth-order valence-electron chi connectivity index (χ4n) is 1.13. The first-order chi connectivity index (χ1) is 6.66. The molecule has 1 heterocycles. The van der Waals surface area contributed by atoms with Crippen LogP contribution >= 0.6 is 22.6 Å². The molecule has 0 atom stereocenters. The van der Waals surface area contributed by atoms with Gasteiger partial charge in [0.05, 0.1) is 11.9 Å².